The van der Waals surface area contributed by atoms with Gasteiger partial charge in [-0.05, 0) is 51.3 Å². The normalized spacial score (nSPS) is 11.2. The Balaban J connectivity index is 3.02. The molecule has 0 aliphatic carbocycles. The first-order chi connectivity index (χ1) is 10.0. The molecule has 1 aromatic rings. The van der Waals surface area contributed by atoms with E-state index in [1.54, 1.807) is 20.8 Å². The highest BCUT2D eigenvalue weighted by Crippen LogP contribution is 2.25. The minimum absolute atomic E-state index is 0.186. The summed E-state index contributed by atoms with van der Waals surface area (Å²) >= 11 is 3.51. The first-order valence-electron chi connectivity index (χ1n) is 6.95. The fourth-order valence-corrected chi connectivity index (χ4v) is 2.30. The highest BCUT2D eigenvalue weighted by molar-refractivity contribution is 9.10. The summed E-state index contributed by atoms with van der Waals surface area (Å²) in [5.41, 5.74) is 2.28. The van der Waals surface area contributed by atoms with Gasteiger partial charge in [-0.3, -0.25) is 9.69 Å². The summed E-state index contributed by atoms with van der Waals surface area (Å²) in [5, 5.41) is 9.02. The first-order valence-corrected chi connectivity index (χ1v) is 7.75. The van der Waals surface area contributed by atoms with Gasteiger partial charge in [-0.25, -0.2) is 4.79 Å². The number of benzene rings is 1. The Morgan fingerprint density at radius 1 is 1.27 bits per heavy atom. The van der Waals surface area contributed by atoms with E-state index < -0.39 is 24.2 Å². The van der Waals surface area contributed by atoms with Crippen LogP contribution in [0.25, 0.3) is 0 Å². The van der Waals surface area contributed by atoms with Crippen molar-refractivity contribution in [3.05, 3.63) is 33.3 Å². The van der Waals surface area contributed by atoms with Crippen molar-refractivity contribution in [1.29, 1.82) is 0 Å². The summed E-state index contributed by atoms with van der Waals surface area (Å²) in [6.45, 7) is 8.93. The molecule has 0 atom stereocenters. The molecule has 1 rings (SSSR count). The lowest BCUT2D eigenvalue weighted by atomic mass is 10.1. The summed E-state index contributed by atoms with van der Waals surface area (Å²) in [7, 11) is 0. The van der Waals surface area contributed by atoms with Crippen molar-refractivity contribution in [2.24, 2.45) is 0 Å². The molecule has 1 N–H and O–H groups in total. The fourth-order valence-electron chi connectivity index (χ4n) is 1.91. The molecular formula is C16H22BrNO4. The maximum Gasteiger partial charge on any atom is 0.411 e. The third kappa shape index (κ3) is 5.33. The number of hydrogen-bond donors (Lipinski definition) is 1. The molecule has 22 heavy (non-hydrogen) atoms. The smallest absolute Gasteiger partial charge is 0.411 e. The maximum atomic E-state index is 12.2. The maximum absolute atomic E-state index is 12.2. The monoisotopic (exact) mass is 371 g/mol. The lowest BCUT2D eigenvalue weighted by Gasteiger charge is -2.27. The molecule has 0 saturated heterocycles. The molecule has 5 nitrogen and oxygen atoms in total. The van der Waals surface area contributed by atoms with Crippen molar-refractivity contribution in [1.82, 2.24) is 4.90 Å². The number of hydrogen-bond acceptors (Lipinski definition) is 3. The Labute approximate surface area is 139 Å². The lowest BCUT2D eigenvalue weighted by Crippen LogP contribution is -2.39. The molecule has 0 spiro atoms. The van der Waals surface area contributed by atoms with Gasteiger partial charge in [0.05, 0.1) is 0 Å². The van der Waals surface area contributed by atoms with Gasteiger partial charge in [0, 0.05) is 11.0 Å². The van der Waals surface area contributed by atoms with Crippen LogP contribution in [0.4, 0.5) is 4.79 Å². The van der Waals surface area contributed by atoms with Crippen LogP contribution < -0.4 is 0 Å². The predicted molar refractivity (Wildman–Crippen MR) is 87.9 cm³/mol. The number of carboxylic acid groups (broad SMARTS) is 1. The van der Waals surface area contributed by atoms with Crippen molar-refractivity contribution >= 4 is 28.0 Å². The van der Waals surface area contributed by atoms with Gasteiger partial charge < -0.3 is 9.84 Å². The summed E-state index contributed by atoms with van der Waals surface area (Å²) in [6.07, 6.45) is -0.633. The number of carbonyl (C=O) groups excluding carboxylic acids is 1. The summed E-state index contributed by atoms with van der Waals surface area (Å²) in [5.74, 6) is -1.07. The van der Waals surface area contributed by atoms with Gasteiger partial charge in [-0.2, -0.15) is 0 Å². The van der Waals surface area contributed by atoms with Crippen LogP contribution in [0.1, 0.15) is 37.5 Å². The Morgan fingerprint density at radius 2 is 1.86 bits per heavy atom. The summed E-state index contributed by atoms with van der Waals surface area (Å²) in [6, 6.07) is 3.83. The third-order valence-electron chi connectivity index (χ3n) is 3.03. The minimum Gasteiger partial charge on any atom is -0.480 e. The van der Waals surface area contributed by atoms with Crippen LogP contribution in [-0.2, 0) is 16.1 Å². The molecule has 6 heteroatoms. The standard InChI is InChI=1S/C16H22BrNO4/c1-10-6-7-12(11(2)14(10)17)8-18(9-13(19)20)15(21)22-16(3,4)5/h6-7H,8-9H2,1-5H3,(H,19,20). The molecule has 0 fully saturated rings. The van der Waals surface area contributed by atoms with Gasteiger partial charge >= 0.3 is 12.1 Å². The van der Waals surface area contributed by atoms with Crippen LogP contribution in [0.5, 0.6) is 0 Å². The van der Waals surface area contributed by atoms with E-state index in [4.69, 9.17) is 9.84 Å². The molecule has 1 aromatic carbocycles. The van der Waals surface area contributed by atoms with E-state index in [2.05, 4.69) is 15.9 Å². The predicted octanol–water partition coefficient (Wildman–Crippen LogP) is 3.89. The number of rotatable bonds is 4. The molecule has 1 amide bonds. The van der Waals surface area contributed by atoms with Crippen LogP contribution in [0.2, 0.25) is 0 Å². The summed E-state index contributed by atoms with van der Waals surface area (Å²) in [4.78, 5) is 24.4. The van der Waals surface area contributed by atoms with Gasteiger partial charge in [0.25, 0.3) is 0 Å². The molecule has 0 aliphatic rings. The van der Waals surface area contributed by atoms with Crippen molar-refractivity contribution in [3.63, 3.8) is 0 Å². The van der Waals surface area contributed by atoms with Crippen LogP contribution in [0.3, 0.4) is 0 Å². The number of nitrogens with zero attached hydrogens (tertiary/aromatic N) is 1. The zero-order valence-corrected chi connectivity index (χ0v) is 15.2. The van der Waals surface area contributed by atoms with Crippen LogP contribution in [-0.4, -0.2) is 34.2 Å². The van der Waals surface area contributed by atoms with E-state index in [1.807, 2.05) is 26.0 Å². The highest BCUT2D eigenvalue weighted by atomic mass is 79.9. The van der Waals surface area contributed by atoms with E-state index in [1.165, 1.54) is 4.90 Å². The zero-order chi connectivity index (χ0) is 17.1. The number of halogens is 1. The van der Waals surface area contributed by atoms with Crippen molar-refractivity contribution in [3.8, 4) is 0 Å². The van der Waals surface area contributed by atoms with Crippen LogP contribution in [0.15, 0.2) is 16.6 Å². The first kappa shape index (κ1) is 18.5. The van der Waals surface area contributed by atoms with Gasteiger partial charge in [-0.1, -0.05) is 28.1 Å². The van der Waals surface area contributed by atoms with Crippen LogP contribution in [0, 0.1) is 13.8 Å². The highest BCUT2D eigenvalue weighted by Gasteiger charge is 2.24. The molecule has 0 bridgehead atoms. The second-order valence-electron chi connectivity index (χ2n) is 6.21. The van der Waals surface area contributed by atoms with Crippen molar-refractivity contribution < 1.29 is 19.4 Å². The van der Waals surface area contributed by atoms with E-state index in [0.717, 1.165) is 21.2 Å². The number of aliphatic carboxylic acids is 1. The molecule has 0 aromatic heterocycles. The lowest BCUT2D eigenvalue weighted by molar-refractivity contribution is -0.138. The Kier molecular flexibility index (Phi) is 6.00. The number of aryl methyl sites for hydroxylation is 1. The topological polar surface area (TPSA) is 66.8 Å². The third-order valence-corrected chi connectivity index (χ3v) is 4.25. The molecule has 0 saturated carbocycles. The molecule has 0 unspecified atom stereocenters. The van der Waals surface area contributed by atoms with Crippen molar-refractivity contribution in [2.75, 3.05) is 6.54 Å². The Bertz CT molecular complexity index is 578. The fraction of sp³-hybridized carbons (Fsp3) is 0.500. The van der Waals surface area contributed by atoms with Gasteiger partial charge in [0.1, 0.15) is 12.1 Å². The average Bonchev–Trinajstić information content (AvgIpc) is 2.36. The van der Waals surface area contributed by atoms with Crippen LogP contribution >= 0.6 is 15.9 Å². The number of amides is 1. The second kappa shape index (κ2) is 7.13. The SMILES string of the molecule is Cc1ccc(CN(CC(=O)O)C(=O)OC(C)(C)C)c(C)c1Br. The largest absolute Gasteiger partial charge is 0.480 e. The van der Waals surface area contributed by atoms with Gasteiger partial charge in [-0.15, -0.1) is 0 Å². The minimum atomic E-state index is -1.07. The molecule has 0 radical (unpaired) electrons. The molecule has 0 aliphatic heterocycles. The zero-order valence-electron chi connectivity index (χ0n) is 13.6. The quantitative estimate of drug-likeness (QED) is 0.871. The van der Waals surface area contributed by atoms with E-state index in [0.29, 0.717) is 0 Å². The summed E-state index contributed by atoms with van der Waals surface area (Å²) < 4.78 is 6.24. The van der Waals surface area contributed by atoms with E-state index >= 15 is 0 Å². The Hall–Kier alpha value is -1.56. The molecule has 122 valence electrons. The number of carbonyl (C=O) groups is 2. The molecular weight excluding hydrogens is 350 g/mol. The second-order valence-corrected chi connectivity index (χ2v) is 7.00. The van der Waals surface area contributed by atoms with E-state index in [-0.39, 0.29) is 6.54 Å². The Morgan fingerprint density at radius 3 is 2.36 bits per heavy atom. The van der Waals surface area contributed by atoms with Gasteiger partial charge in [0.15, 0.2) is 0 Å². The number of carboxylic acids is 1. The average molecular weight is 372 g/mol. The number of ether oxygens (including phenoxy) is 1. The van der Waals surface area contributed by atoms with Crippen molar-refractivity contribution in [2.45, 2.75) is 46.8 Å². The molecule has 0 heterocycles. The van der Waals surface area contributed by atoms with Gasteiger partial charge in [0.2, 0.25) is 0 Å². The van der Waals surface area contributed by atoms with E-state index in [9.17, 15) is 9.59 Å².